The maximum Gasteiger partial charge on any atom is 0.242 e. The van der Waals surface area contributed by atoms with Gasteiger partial charge in [-0.25, -0.2) is 0 Å². The summed E-state index contributed by atoms with van der Waals surface area (Å²) >= 11 is 4.96. The van der Waals surface area contributed by atoms with E-state index in [1.54, 1.807) is 30.9 Å². The van der Waals surface area contributed by atoms with Crippen LogP contribution in [0.25, 0.3) is 0 Å². The predicted octanol–water partition coefficient (Wildman–Crippen LogP) is 0.853. The molecule has 0 aliphatic heterocycles. The lowest BCUT2D eigenvalue weighted by Crippen LogP contribution is -2.27. The van der Waals surface area contributed by atoms with Gasteiger partial charge in [-0.1, -0.05) is 0 Å². The number of nitrogens with one attached hydrogen (secondary N) is 2. The van der Waals surface area contributed by atoms with Crippen molar-refractivity contribution in [3.05, 3.63) is 17.2 Å². The van der Waals surface area contributed by atoms with Crippen LogP contribution in [0.3, 0.4) is 0 Å². The molecule has 1 unspecified atom stereocenters. The number of rotatable bonds is 2. The molecule has 66 valence electrons. The normalized spacial score (nSPS) is 12.5. The van der Waals surface area contributed by atoms with Gasteiger partial charge in [-0.05, 0) is 19.1 Å². The molecule has 0 radical (unpaired) electrons. The number of likely N-dealkylation sites (N-methyl/N-ethyl adjacent to an activating group) is 1. The average molecular weight is 185 g/mol. The molecule has 12 heavy (non-hydrogen) atoms. The van der Waals surface area contributed by atoms with Crippen molar-refractivity contribution >= 4 is 18.1 Å². The van der Waals surface area contributed by atoms with E-state index in [0.717, 1.165) is 0 Å². The first kappa shape index (κ1) is 8.99. The number of aromatic amines is 1. The van der Waals surface area contributed by atoms with Crippen LogP contribution in [0.5, 0.6) is 0 Å². The Morgan fingerprint density at radius 1 is 1.83 bits per heavy atom. The van der Waals surface area contributed by atoms with E-state index in [-0.39, 0.29) is 11.9 Å². The Morgan fingerprint density at radius 2 is 2.50 bits per heavy atom. The van der Waals surface area contributed by atoms with Crippen molar-refractivity contribution in [3.63, 3.8) is 0 Å². The summed E-state index contributed by atoms with van der Waals surface area (Å²) in [5.41, 5.74) is 0. The highest BCUT2D eigenvalue weighted by atomic mass is 32.1. The number of nitrogens with zero attached hydrogens (tertiary/aromatic N) is 1. The van der Waals surface area contributed by atoms with Gasteiger partial charge in [0.1, 0.15) is 6.04 Å². The molecule has 1 aromatic rings. The van der Waals surface area contributed by atoms with Gasteiger partial charge in [-0.15, -0.1) is 0 Å². The summed E-state index contributed by atoms with van der Waals surface area (Å²) in [5, 5.41) is 2.56. The molecule has 1 heterocycles. The van der Waals surface area contributed by atoms with E-state index < -0.39 is 0 Å². The van der Waals surface area contributed by atoms with Gasteiger partial charge in [-0.3, -0.25) is 4.79 Å². The van der Waals surface area contributed by atoms with E-state index in [1.165, 1.54) is 0 Å². The van der Waals surface area contributed by atoms with Gasteiger partial charge >= 0.3 is 0 Å². The summed E-state index contributed by atoms with van der Waals surface area (Å²) in [6, 6.07) is -0.256. The van der Waals surface area contributed by atoms with Crippen molar-refractivity contribution in [1.29, 1.82) is 0 Å². The Hall–Kier alpha value is -1.10. The number of hydrogen-bond donors (Lipinski definition) is 2. The molecule has 0 aromatic carbocycles. The zero-order chi connectivity index (χ0) is 9.14. The van der Waals surface area contributed by atoms with Gasteiger partial charge in [0.05, 0.1) is 0 Å². The minimum absolute atomic E-state index is 0.0503. The number of imidazole rings is 1. The highest BCUT2D eigenvalue weighted by Gasteiger charge is 2.12. The van der Waals surface area contributed by atoms with Gasteiger partial charge in [-0.2, -0.15) is 0 Å². The summed E-state index contributed by atoms with van der Waals surface area (Å²) in [4.78, 5) is 14.0. The molecule has 5 heteroatoms. The lowest BCUT2D eigenvalue weighted by atomic mass is 10.3. The van der Waals surface area contributed by atoms with Crippen molar-refractivity contribution in [2.75, 3.05) is 7.05 Å². The van der Waals surface area contributed by atoms with Crippen molar-refractivity contribution in [2.24, 2.45) is 0 Å². The van der Waals surface area contributed by atoms with Crippen molar-refractivity contribution in [2.45, 2.75) is 13.0 Å². The lowest BCUT2D eigenvalue weighted by Gasteiger charge is -2.10. The van der Waals surface area contributed by atoms with Gasteiger partial charge in [0, 0.05) is 19.4 Å². The first-order valence-electron chi connectivity index (χ1n) is 3.64. The Labute approximate surface area is 75.6 Å². The molecule has 0 fully saturated rings. The van der Waals surface area contributed by atoms with Crippen LogP contribution in [-0.2, 0) is 4.79 Å². The van der Waals surface area contributed by atoms with E-state index in [1.807, 2.05) is 0 Å². The zero-order valence-corrected chi connectivity index (χ0v) is 7.81. The third kappa shape index (κ3) is 1.55. The van der Waals surface area contributed by atoms with Crippen LogP contribution in [0.4, 0.5) is 0 Å². The SMILES string of the molecule is CNC(=O)C(C)n1cc[nH]c1=S. The number of H-pyrrole nitrogens is 1. The second kappa shape index (κ2) is 3.53. The quantitative estimate of drug-likeness (QED) is 0.671. The van der Waals surface area contributed by atoms with Gasteiger partial charge in [0.2, 0.25) is 5.91 Å². The molecule has 0 aliphatic carbocycles. The van der Waals surface area contributed by atoms with Crippen LogP contribution < -0.4 is 5.32 Å². The summed E-state index contributed by atoms with van der Waals surface area (Å²) in [7, 11) is 1.61. The minimum Gasteiger partial charge on any atom is -0.357 e. The fourth-order valence-electron chi connectivity index (χ4n) is 0.971. The number of carbonyl (C=O) groups is 1. The standard InChI is InChI=1S/C7H11N3OS/c1-5(6(11)8-2)10-4-3-9-7(10)12/h3-5H,1-2H3,(H,8,11)(H,9,12). The van der Waals surface area contributed by atoms with E-state index in [4.69, 9.17) is 12.2 Å². The molecule has 1 aromatic heterocycles. The molecule has 4 nitrogen and oxygen atoms in total. The molecular weight excluding hydrogens is 174 g/mol. The van der Waals surface area contributed by atoms with Crippen LogP contribution in [0, 0.1) is 4.77 Å². The average Bonchev–Trinajstić information content (AvgIpc) is 2.48. The first-order chi connectivity index (χ1) is 5.66. The van der Waals surface area contributed by atoms with Crippen LogP contribution in [0.15, 0.2) is 12.4 Å². The number of hydrogen-bond acceptors (Lipinski definition) is 2. The topological polar surface area (TPSA) is 49.8 Å². The molecule has 1 amide bonds. The summed E-state index contributed by atoms with van der Waals surface area (Å²) in [6.07, 6.45) is 3.46. The molecule has 0 saturated carbocycles. The predicted molar refractivity (Wildman–Crippen MR) is 48.4 cm³/mol. The Morgan fingerprint density at radius 3 is 2.92 bits per heavy atom. The van der Waals surface area contributed by atoms with Crippen LogP contribution in [0.2, 0.25) is 0 Å². The molecule has 0 saturated heterocycles. The fraction of sp³-hybridized carbons (Fsp3) is 0.429. The van der Waals surface area contributed by atoms with E-state index in [2.05, 4.69) is 10.3 Å². The van der Waals surface area contributed by atoms with Crippen LogP contribution >= 0.6 is 12.2 Å². The first-order valence-corrected chi connectivity index (χ1v) is 4.04. The molecule has 2 N–H and O–H groups in total. The molecule has 1 rings (SSSR count). The fourth-order valence-corrected chi connectivity index (χ4v) is 1.26. The lowest BCUT2D eigenvalue weighted by molar-refractivity contribution is -0.123. The Balaban J connectivity index is 2.92. The maximum absolute atomic E-state index is 11.2. The second-order valence-electron chi connectivity index (χ2n) is 2.46. The molecule has 0 bridgehead atoms. The largest absolute Gasteiger partial charge is 0.357 e. The van der Waals surface area contributed by atoms with Crippen molar-refractivity contribution < 1.29 is 4.79 Å². The molecular formula is C7H11N3OS. The van der Waals surface area contributed by atoms with E-state index in [0.29, 0.717) is 4.77 Å². The smallest absolute Gasteiger partial charge is 0.242 e. The molecule has 0 aliphatic rings. The highest BCUT2D eigenvalue weighted by molar-refractivity contribution is 7.71. The second-order valence-corrected chi connectivity index (χ2v) is 2.85. The number of carbonyl (C=O) groups excluding carboxylic acids is 1. The summed E-state index contributed by atoms with van der Waals surface area (Å²) in [5.74, 6) is -0.0503. The van der Waals surface area contributed by atoms with Crippen LogP contribution in [0.1, 0.15) is 13.0 Å². The highest BCUT2D eigenvalue weighted by Crippen LogP contribution is 2.05. The number of amides is 1. The van der Waals surface area contributed by atoms with Gasteiger partial charge in [0.25, 0.3) is 0 Å². The summed E-state index contributed by atoms with van der Waals surface area (Å²) < 4.78 is 2.26. The molecule has 0 spiro atoms. The summed E-state index contributed by atoms with van der Waals surface area (Å²) in [6.45, 7) is 1.79. The van der Waals surface area contributed by atoms with Gasteiger partial charge < -0.3 is 14.9 Å². The zero-order valence-electron chi connectivity index (χ0n) is 7.00. The van der Waals surface area contributed by atoms with Gasteiger partial charge in [0.15, 0.2) is 4.77 Å². The third-order valence-electron chi connectivity index (χ3n) is 1.72. The van der Waals surface area contributed by atoms with Crippen molar-refractivity contribution in [3.8, 4) is 0 Å². The monoisotopic (exact) mass is 185 g/mol. The number of aromatic nitrogens is 2. The maximum atomic E-state index is 11.2. The Bertz CT molecular complexity index is 327. The minimum atomic E-state index is -0.256. The third-order valence-corrected chi connectivity index (χ3v) is 2.05. The Kier molecular flexibility index (Phi) is 2.65. The van der Waals surface area contributed by atoms with Crippen molar-refractivity contribution in [1.82, 2.24) is 14.9 Å². The van der Waals surface area contributed by atoms with Crippen LogP contribution in [-0.4, -0.2) is 22.5 Å². The van der Waals surface area contributed by atoms with E-state index in [9.17, 15) is 4.79 Å². The molecule has 1 atom stereocenters. The van der Waals surface area contributed by atoms with E-state index >= 15 is 0 Å².